The number of hydrogen-bond donors (Lipinski definition) is 2. The Kier molecular flexibility index (Phi) is 6.65. The second-order valence-electron chi connectivity index (χ2n) is 5.82. The molecule has 2 aromatic carbocycles. The number of benzene rings is 2. The fraction of sp³-hybridized carbons (Fsp3) is 0.222. The van der Waals surface area contributed by atoms with Crippen LogP contribution in [0.5, 0.6) is 0 Å². The highest BCUT2D eigenvalue weighted by atomic mass is 32.2. The molecule has 0 spiro atoms. The van der Waals surface area contributed by atoms with E-state index in [0.29, 0.717) is 12.1 Å². The number of hydrogen-bond acceptors (Lipinski definition) is 5. The topological polar surface area (TPSA) is 116 Å². The number of aryl methyl sites for hydroxylation is 1. The molecule has 0 radical (unpaired) electrons. The summed E-state index contributed by atoms with van der Waals surface area (Å²) in [6.07, 6.45) is -0.627. The molecule has 0 fully saturated rings. The lowest BCUT2D eigenvalue weighted by atomic mass is 10.1. The Balaban J connectivity index is 1.83. The molecule has 0 heterocycles. The van der Waals surface area contributed by atoms with E-state index < -0.39 is 28.0 Å². The van der Waals surface area contributed by atoms with Gasteiger partial charge in [-0.3, -0.25) is 9.59 Å². The molecule has 0 saturated carbocycles. The second kappa shape index (κ2) is 8.74. The SMILES string of the molecule is C[C@@H](OC(=O)CCc1ccc(F)cc1)C(=O)Nc1ccc(S(N)(=O)=O)cc1. The molecule has 0 aliphatic rings. The lowest BCUT2D eigenvalue weighted by molar-refractivity contribution is -0.153. The van der Waals surface area contributed by atoms with E-state index >= 15 is 0 Å². The zero-order chi connectivity index (χ0) is 20.0. The third-order valence-corrected chi connectivity index (χ3v) is 4.59. The lowest BCUT2D eigenvalue weighted by Crippen LogP contribution is -2.30. The number of anilines is 1. The Morgan fingerprint density at radius 2 is 1.70 bits per heavy atom. The summed E-state index contributed by atoms with van der Waals surface area (Å²) in [6.45, 7) is 1.42. The number of carbonyl (C=O) groups excluding carboxylic acids is 2. The van der Waals surface area contributed by atoms with Gasteiger partial charge in [0.25, 0.3) is 5.91 Å². The van der Waals surface area contributed by atoms with Crippen LogP contribution in [-0.2, 0) is 30.8 Å². The van der Waals surface area contributed by atoms with Gasteiger partial charge < -0.3 is 10.1 Å². The average molecular weight is 394 g/mol. The predicted molar refractivity (Wildman–Crippen MR) is 96.7 cm³/mol. The number of sulfonamides is 1. The minimum Gasteiger partial charge on any atom is -0.453 e. The third kappa shape index (κ3) is 6.46. The van der Waals surface area contributed by atoms with Gasteiger partial charge >= 0.3 is 5.97 Å². The number of nitrogens with two attached hydrogens (primary N) is 1. The number of primary sulfonamides is 1. The molecule has 2 aromatic rings. The Morgan fingerprint density at radius 1 is 1.11 bits per heavy atom. The van der Waals surface area contributed by atoms with Crippen LogP contribution in [0.25, 0.3) is 0 Å². The zero-order valence-electron chi connectivity index (χ0n) is 14.5. The smallest absolute Gasteiger partial charge is 0.306 e. The molecule has 144 valence electrons. The number of halogens is 1. The van der Waals surface area contributed by atoms with Gasteiger partial charge in [-0.05, 0) is 55.3 Å². The summed E-state index contributed by atoms with van der Waals surface area (Å²) in [5.74, 6) is -1.48. The Bertz CT molecular complexity index is 912. The molecule has 0 unspecified atom stereocenters. The molecule has 0 aliphatic heterocycles. The molecule has 3 N–H and O–H groups in total. The molecule has 27 heavy (non-hydrogen) atoms. The monoisotopic (exact) mass is 394 g/mol. The zero-order valence-corrected chi connectivity index (χ0v) is 15.3. The third-order valence-electron chi connectivity index (χ3n) is 3.66. The molecule has 0 saturated heterocycles. The van der Waals surface area contributed by atoms with Crippen molar-refractivity contribution in [3.63, 3.8) is 0 Å². The Morgan fingerprint density at radius 3 is 2.26 bits per heavy atom. The largest absolute Gasteiger partial charge is 0.453 e. The molecule has 0 bridgehead atoms. The van der Waals surface area contributed by atoms with E-state index in [0.717, 1.165) is 5.56 Å². The minimum absolute atomic E-state index is 0.0479. The highest BCUT2D eigenvalue weighted by Crippen LogP contribution is 2.13. The van der Waals surface area contributed by atoms with Crippen molar-refractivity contribution in [1.82, 2.24) is 0 Å². The quantitative estimate of drug-likeness (QED) is 0.697. The maximum Gasteiger partial charge on any atom is 0.306 e. The van der Waals surface area contributed by atoms with Crippen molar-refractivity contribution in [1.29, 1.82) is 0 Å². The van der Waals surface area contributed by atoms with E-state index in [4.69, 9.17) is 9.88 Å². The first-order valence-electron chi connectivity index (χ1n) is 8.03. The minimum atomic E-state index is -3.81. The molecule has 7 nitrogen and oxygen atoms in total. The van der Waals surface area contributed by atoms with Crippen molar-refractivity contribution < 1.29 is 27.1 Å². The van der Waals surface area contributed by atoms with Crippen LogP contribution in [0.1, 0.15) is 18.9 Å². The maximum absolute atomic E-state index is 12.8. The summed E-state index contributed by atoms with van der Waals surface area (Å²) in [5.41, 5.74) is 1.11. The van der Waals surface area contributed by atoms with Crippen molar-refractivity contribution >= 4 is 27.6 Å². The van der Waals surface area contributed by atoms with Gasteiger partial charge in [0.05, 0.1) is 4.90 Å². The number of carbonyl (C=O) groups is 2. The van der Waals surface area contributed by atoms with Crippen LogP contribution < -0.4 is 10.5 Å². The van der Waals surface area contributed by atoms with Gasteiger partial charge in [-0.15, -0.1) is 0 Å². The molecule has 1 amide bonds. The van der Waals surface area contributed by atoms with Gasteiger partial charge in [-0.25, -0.2) is 17.9 Å². The van der Waals surface area contributed by atoms with Crippen molar-refractivity contribution in [2.24, 2.45) is 5.14 Å². The molecular formula is C18H19FN2O5S. The van der Waals surface area contributed by atoms with Gasteiger partial charge in [-0.1, -0.05) is 12.1 Å². The van der Waals surface area contributed by atoms with E-state index in [1.165, 1.54) is 43.3 Å². The van der Waals surface area contributed by atoms with E-state index in [1.807, 2.05) is 0 Å². The molecule has 0 aromatic heterocycles. The number of nitrogens with one attached hydrogen (secondary N) is 1. The first-order chi connectivity index (χ1) is 12.6. The highest BCUT2D eigenvalue weighted by Gasteiger charge is 2.18. The van der Waals surface area contributed by atoms with Crippen molar-refractivity contribution in [3.8, 4) is 0 Å². The first kappa shape index (κ1) is 20.5. The summed E-state index contributed by atoms with van der Waals surface area (Å²) >= 11 is 0. The standard InChI is InChI=1S/C18H19FN2O5S/c1-12(26-17(22)11-4-13-2-5-14(19)6-3-13)18(23)21-15-7-9-16(10-8-15)27(20,24)25/h2-3,5-10,12H,4,11H2,1H3,(H,21,23)(H2,20,24,25)/t12-/m1/s1. The van der Waals surface area contributed by atoms with Crippen LogP contribution in [0, 0.1) is 5.82 Å². The van der Waals surface area contributed by atoms with Gasteiger partial charge in [0.15, 0.2) is 6.10 Å². The van der Waals surface area contributed by atoms with Gasteiger partial charge in [-0.2, -0.15) is 0 Å². The molecule has 9 heteroatoms. The van der Waals surface area contributed by atoms with Crippen LogP contribution in [0.4, 0.5) is 10.1 Å². The number of amides is 1. The summed E-state index contributed by atoms with van der Waals surface area (Å²) in [7, 11) is -3.81. The average Bonchev–Trinajstić information content (AvgIpc) is 2.61. The van der Waals surface area contributed by atoms with Crippen molar-refractivity contribution in [2.45, 2.75) is 30.8 Å². The molecular weight excluding hydrogens is 375 g/mol. The highest BCUT2D eigenvalue weighted by molar-refractivity contribution is 7.89. The van der Waals surface area contributed by atoms with E-state index in [1.54, 1.807) is 12.1 Å². The van der Waals surface area contributed by atoms with E-state index in [-0.39, 0.29) is 17.1 Å². The van der Waals surface area contributed by atoms with Crippen LogP contribution >= 0.6 is 0 Å². The molecule has 0 aliphatic carbocycles. The Labute approximate surface area is 156 Å². The fourth-order valence-electron chi connectivity index (χ4n) is 2.18. The molecule has 1 atom stereocenters. The fourth-order valence-corrected chi connectivity index (χ4v) is 2.69. The number of esters is 1. The second-order valence-corrected chi connectivity index (χ2v) is 7.38. The molecule has 2 rings (SSSR count). The first-order valence-corrected chi connectivity index (χ1v) is 9.57. The van der Waals surface area contributed by atoms with Crippen LogP contribution in [0.2, 0.25) is 0 Å². The van der Waals surface area contributed by atoms with Crippen molar-refractivity contribution in [3.05, 3.63) is 59.9 Å². The van der Waals surface area contributed by atoms with Crippen LogP contribution in [0.3, 0.4) is 0 Å². The number of ether oxygens (including phenoxy) is 1. The normalized spacial score (nSPS) is 12.3. The Hall–Kier alpha value is -2.78. The summed E-state index contributed by atoms with van der Waals surface area (Å²) in [4.78, 5) is 23.8. The summed E-state index contributed by atoms with van der Waals surface area (Å²) in [6, 6.07) is 11.0. The van der Waals surface area contributed by atoms with E-state index in [9.17, 15) is 22.4 Å². The summed E-state index contributed by atoms with van der Waals surface area (Å²) in [5, 5.41) is 7.51. The van der Waals surface area contributed by atoms with Gasteiger partial charge in [0.1, 0.15) is 5.82 Å². The maximum atomic E-state index is 12.8. The lowest BCUT2D eigenvalue weighted by Gasteiger charge is -2.13. The van der Waals surface area contributed by atoms with E-state index in [2.05, 4.69) is 5.32 Å². The van der Waals surface area contributed by atoms with Crippen molar-refractivity contribution in [2.75, 3.05) is 5.32 Å². The van der Waals surface area contributed by atoms with Crippen LogP contribution in [0.15, 0.2) is 53.4 Å². The number of rotatable bonds is 7. The van der Waals surface area contributed by atoms with Crippen LogP contribution in [-0.4, -0.2) is 26.4 Å². The summed E-state index contributed by atoms with van der Waals surface area (Å²) < 4.78 is 40.3. The van der Waals surface area contributed by atoms with Gasteiger partial charge in [0, 0.05) is 12.1 Å². The predicted octanol–water partition coefficient (Wildman–Crippen LogP) is 1.98. The van der Waals surface area contributed by atoms with Gasteiger partial charge in [0.2, 0.25) is 10.0 Å².